The molecule has 0 aliphatic heterocycles. The van der Waals surface area contributed by atoms with Crippen molar-refractivity contribution in [2.24, 2.45) is 0 Å². The van der Waals surface area contributed by atoms with Crippen molar-refractivity contribution < 1.29 is 13.6 Å². The van der Waals surface area contributed by atoms with Crippen LogP contribution in [0.25, 0.3) is 0 Å². The summed E-state index contributed by atoms with van der Waals surface area (Å²) in [5.41, 5.74) is 1.07. The number of benzene rings is 1. The molecule has 0 aliphatic rings. The van der Waals surface area contributed by atoms with Crippen molar-refractivity contribution in [1.29, 1.82) is 0 Å². The molecule has 2 aromatic rings. The average Bonchev–Trinajstić information content (AvgIpc) is 2.37. The lowest BCUT2D eigenvalue weighted by Gasteiger charge is -2.09. The van der Waals surface area contributed by atoms with E-state index in [0.717, 1.165) is 0 Å². The monoisotopic (exact) mass is 340 g/mol. The highest BCUT2D eigenvalue weighted by atomic mass is 79.9. The Kier molecular flexibility index (Phi) is 4.13. The predicted octanol–water partition coefficient (Wildman–Crippen LogP) is 3.99. The molecule has 0 saturated carbocycles. The molecule has 3 nitrogen and oxygen atoms in total. The van der Waals surface area contributed by atoms with Crippen molar-refractivity contribution in [3.8, 4) is 0 Å². The smallest absolute Gasteiger partial charge is 0.258 e. The van der Waals surface area contributed by atoms with E-state index in [1.165, 1.54) is 13.0 Å². The number of aryl methyl sites for hydroxylation is 2. The Bertz CT molecular complexity index is 689. The molecule has 0 radical (unpaired) electrons. The molecule has 6 heteroatoms. The van der Waals surface area contributed by atoms with Gasteiger partial charge in [-0.05, 0) is 53.5 Å². The highest BCUT2D eigenvalue weighted by molar-refractivity contribution is 9.10. The number of pyridine rings is 1. The number of halogens is 3. The lowest BCUT2D eigenvalue weighted by Crippen LogP contribution is -2.15. The Morgan fingerprint density at radius 2 is 1.90 bits per heavy atom. The van der Waals surface area contributed by atoms with Crippen LogP contribution in [0.1, 0.15) is 21.6 Å². The average molecular weight is 341 g/mol. The number of carbonyl (C=O) groups excluding carboxylic acids is 1. The molecule has 20 heavy (non-hydrogen) atoms. The number of aromatic nitrogens is 1. The predicted molar refractivity (Wildman–Crippen MR) is 75.7 cm³/mol. The van der Waals surface area contributed by atoms with Crippen LogP contribution in [0.4, 0.5) is 14.5 Å². The fourth-order valence-corrected chi connectivity index (χ4v) is 2.08. The van der Waals surface area contributed by atoms with Gasteiger partial charge in [0.05, 0.1) is 16.9 Å². The molecule has 0 saturated heterocycles. The number of carbonyl (C=O) groups is 1. The van der Waals surface area contributed by atoms with E-state index in [1.54, 1.807) is 19.1 Å². The molecule has 2 rings (SSSR count). The van der Waals surface area contributed by atoms with Gasteiger partial charge in [0, 0.05) is 6.07 Å². The van der Waals surface area contributed by atoms with E-state index in [1.807, 2.05) is 0 Å². The maximum atomic E-state index is 13.6. The minimum atomic E-state index is -0.895. The van der Waals surface area contributed by atoms with Crippen LogP contribution in [0.5, 0.6) is 0 Å². The number of rotatable bonds is 2. The molecular formula is C14H11BrF2N2O. The van der Waals surface area contributed by atoms with Gasteiger partial charge in [0.1, 0.15) is 16.2 Å². The zero-order chi connectivity index (χ0) is 14.9. The summed E-state index contributed by atoms with van der Waals surface area (Å²) < 4.78 is 27.4. The van der Waals surface area contributed by atoms with Gasteiger partial charge in [0.15, 0.2) is 0 Å². The van der Waals surface area contributed by atoms with Gasteiger partial charge in [0.25, 0.3) is 5.91 Å². The quantitative estimate of drug-likeness (QED) is 0.840. The molecule has 0 aliphatic carbocycles. The van der Waals surface area contributed by atoms with Gasteiger partial charge >= 0.3 is 0 Å². The summed E-state index contributed by atoms with van der Waals surface area (Å²) >= 11 is 3.21. The van der Waals surface area contributed by atoms with E-state index in [2.05, 4.69) is 26.2 Å². The van der Waals surface area contributed by atoms with Crippen molar-refractivity contribution in [1.82, 2.24) is 4.98 Å². The van der Waals surface area contributed by atoms with Gasteiger partial charge in [-0.1, -0.05) is 0 Å². The molecule has 1 N–H and O–H groups in total. The third kappa shape index (κ3) is 3.01. The first-order chi connectivity index (χ1) is 9.38. The molecule has 0 atom stereocenters. The Morgan fingerprint density at radius 1 is 1.20 bits per heavy atom. The molecule has 1 aromatic heterocycles. The Balaban J connectivity index is 2.31. The SMILES string of the molecule is Cc1cc(C(=O)Nc2ccc(Br)nc2C)c(F)cc1F. The number of hydrogen-bond acceptors (Lipinski definition) is 2. The van der Waals surface area contributed by atoms with Crippen LogP contribution in [-0.4, -0.2) is 10.9 Å². The van der Waals surface area contributed by atoms with Crippen LogP contribution < -0.4 is 5.32 Å². The van der Waals surface area contributed by atoms with E-state index >= 15 is 0 Å². The highest BCUT2D eigenvalue weighted by Gasteiger charge is 2.15. The van der Waals surface area contributed by atoms with Crippen LogP contribution in [0.2, 0.25) is 0 Å². The van der Waals surface area contributed by atoms with Gasteiger partial charge in [-0.2, -0.15) is 0 Å². The molecule has 0 bridgehead atoms. The van der Waals surface area contributed by atoms with E-state index < -0.39 is 17.5 Å². The summed E-state index contributed by atoms with van der Waals surface area (Å²) in [5, 5.41) is 2.56. The number of anilines is 1. The van der Waals surface area contributed by atoms with Crippen LogP contribution in [0.3, 0.4) is 0 Å². The van der Waals surface area contributed by atoms with Gasteiger partial charge in [-0.25, -0.2) is 13.8 Å². The van der Waals surface area contributed by atoms with Gasteiger partial charge < -0.3 is 5.32 Å². The fourth-order valence-electron chi connectivity index (χ4n) is 1.68. The van der Waals surface area contributed by atoms with Crippen molar-refractivity contribution in [2.45, 2.75) is 13.8 Å². The van der Waals surface area contributed by atoms with E-state index in [9.17, 15) is 13.6 Å². The minimum absolute atomic E-state index is 0.203. The third-order valence-electron chi connectivity index (χ3n) is 2.79. The van der Waals surface area contributed by atoms with E-state index in [0.29, 0.717) is 22.1 Å². The number of hydrogen-bond donors (Lipinski definition) is 1. The summed E-state index contributed by atoms with van der Waals surface area (Å²) in [5.74, 6) is -2.22. The van der Waals surface area contributed by atoms with Crippen molar-refractivity contribution in [3.05, 3.63) is 57.3 Å². The molecule has 1 heterocycles. The molecule has 1 aromatic carbocycles. The molecule has 0 unspecified atom stereocenters. The van der Waals surface area contributed by atoms with Gasteiger partial charge in [-0.15, -0.1) is 0 Å². The number of nitrogens with zero attached hydrogens (tertiary/aromatic N) is 1. The van der Waals surface area contributed by atoms with Crippen molar-refractivity contribution in [2.75, 3.05) is 5.32 Å². The summed E-state index contributed by atoms with van der Waals surface area (Å²) in [4.78, 5) is 16.1. The summed E-state index contributed by atoms with van der Waals surface area (Å²) in [7, 11) is 0. The van der Waals surface area contributed by atoms with Crippen LogP contribution in [0, 0.1) is 25.5 Å². The second-order valence-corrected chi connectivity index (χ2v) is 5.11. The highest BCUT2D eigenvalue weighted by Crippen LogP contribution is 2.19. The summed E-state index contributed by atoms with van der Waals surface area (Å²) in [6.07, 6.45) is 0. The fraction of sp³-hybridized carbons (Fsp3) is 0.143. The summed E-state index contributed by atoms with van der Waals surface area (Å²) in [6, 6.07) is 5.20. The molecular weight excluding hydrogens is 330 g/mol. The first-order valence-corrected chi connectivity index (χ1v) is 6.58. The zero-order valence-corrected chi connectivity index (χ0v) is 12.4. The van der Waals surface area contributed by atoms with Crippen molar-refractivity contribution in [3.63, 3.8) is 0 Å². The Hall–Kier alpha value is -1.82. The first-order valence-electron chi connectivity index (χ1n) is 5.78. The van der Waals surface area contributed by atoms with Gasteiger partial charge in [-0.3, -0.25) is 4.79 Å². The first kappa shape index (κ1) is 14.6. The largest absolute Gasteiger partial charge is 0.320 e. The standard InChI is InChI=1S/C14H11BrF2N2O/c1-7-5-9(11(17)6-10(7)16)14(20)19-12-3-4-13(15)18-8(12)2/h3-6H,1-2H3,(H,19,20). The van der Waals surface area contributed by atoms with Crippen LogP contribution in [0.15, 0.2) is 28.9 Å². The molecule has 0 fully saturated rings. The van der Waals surface area contributed by atoms with Crippen LogP contribution in [-0.2, 0) is 0 Å². The van der Waals surface area contributed by atoms with Crippen LogP contribution >= 0.6 is 15.9 Å². The maximum Gasteiger partial charge on any atom is 0.258 e. The van der Waals surface area contributed by atoms with E-state index in [-0.39, 0.29) is 11.1 Å². The minimum Gasteiger partial charge on any atom is -0.320 e. The number of nitrogens with one attached hydrogen (secondary N) is 1. The number of amides is 1. The van der Waals surface area contributed by atoms with Gasteiger partial charge in [0.2, 0.25) is 0 Å². The maximum absolute atomic E-state index is 13.6. The topological polar surface area (TPSA) is 42.0 Å². The molecule has 1 amide bonds. The summed E-state index contributed by atoms with van der Waals surface area (Å²) in [6.45, 7) is 3.19. The third-order valence-corrected chi connectivity index (χ3v) is 3.23. The molecule has 104 valence electrons. The lowest BCUT2D eigenvalue weighted by atomic mass is 10.1. The van der Waals surface area contributed by atoms with Crippen molar-refractivity contribution >= 4 is 27.5 Å². The second kappa shape index (κ2) is 5.66. The lowest BCUT2D eigenvalue weighted by molar-refractivity contribution is 0.102. The Morgan fingerprint density at radius 3 is 2.55 bits per heavy atom. The normalized spacial score (nSPS) is 10.4. The molecule has 0 spiro atoms. The Labute approximate surface area is 123 Å². The second-order valence-electron chi connectivity index (χ2n) is 4.30. The van der Waals surface area contributed by atoms with E-state index in [4.69, 9.17) is 0 Å². The zero-order valence-electron chi connectivity index (χ0n) is 10.8.